The van der Waals surface area contributed by atoms with Gasteiger partial charge in [-0.2, -0.15) is 0 Å². The van der Waals surface area contributed by atoms with Crippen molar-refractivity contribution in [3.8, 4) is 0 Å². The van der Waals surface area contributed by atoms with Gasteiger partial charge in [0.25, 0.3) is 11.8 Å². The Morgan fingerprint density at radius 2 is 1.83 bits per heavy atom. The van der Waals surface area contributed by atoms with Crippen LogP contribution in [0.15, 0.2) is 54.6 Å². The van der Waals surface area contributed by atoms with E-state index >= 15 is 0 Å². The molecule has 2 amide bonds. The molecule has 1 N–H and O–H groups in total. The zero-order valence-corrected chi connectivity index (χ0v) is 13.2. The summed E-state index contributed by atoms with van der Waals surface area (Å²) in [5, 5.41) is 2.94. The molecule has 4 heteroatoms. The highest BCUT2D eigenvalue weighted by molar-refractivity contribution is 5.96. The van der Waals surface area contributed by atoms with Crippen molar-refractivity contribution >= 4 is 11.8 Å². The number of rotatable bonds is 3. The fraction of sp³-hybridized carbons (Fsp3) is 0.263. The van der Waals surface area contributed by atoms with Gasteiger partial charge in [-0.25, -0.2) is 0 Å². The monoisotopic (exact) mass is 308 g/mol. The van der Waals surface area contributed by atoms with Gasteiger partial charge in [0.2, 0.25) is 0 Å². The number of benzene rings is 2. The summed E-state index contributed by atoms with van der Waals surface area (Å²) < 4.78 is 0. The van der Waals surface area contributed by atoms with Crippen molar-refractivity contribution in [1.29, 1.82) is 0 Å². The molecule has 1 aliphatic heterocycles. The van der Waals surface area contributed by atoms with E-state index in [2.05, 4.69) is 5.32 Å². The molecule has 0 aliphatic carbocycles. The van der Waals surface area contributed by atoms with Crippen LogP contribution in [0.25, 0.3) is 0 Å². The molecule has 4 nitrogen and oxygen atoms in total. The van der Waals surface area contributed by atoms with E-state index in [-0.39, 0.29) is 17.9 Å². The number of hydrogen-bond acceptors (Lipinski definition) is 2. The number of nitrogens with zero attached hydrogens (tertiary/aromatic N) is 1. The van der Waals surface area contributed by atoms with Crippen molar-refractivity contribution in [2.75, 3.05) is 13.6 Å². The summed E-state index contributed by atoms with van der Waals surface area (Å²) in [5.74, 6) is -0.0785. The standard InChI is InChI=1S/C19H20N2O2/c1-21-16(13-20-18(22)15-8-3-2-4-9-15)12-11-14-7-5-6-10-17(14)19(21)23/h2-10,16H,11-13H2,1H3,(H,20,22). The van der Waals surface area contributed by atoms with E-state index in [4.69, 9.17) is 0 Å². The number of amides is 2. The topological polar surface area (TPSA) is 49.4 Å². The van der Waals surface area contributed by atoms with Gasteiger partial charge in [-0.1, -0.05) is 36.4 Å². The quantitative estimate of drug-likeness (QED) is 0.947. The Kier molecular flexibility index (Phi) is 4.42. The van der Waals surface area contributed by atoms with Crippen LogP contribution in [-0.2, 0) is 6.42 Å². The van der Waals surface area contributed by atoms with Gasteiger partial charge >= 0.3 is 0 Å². The number of carbonyl (C=O) groups excluding carboxylic acids is 2. The molecule has 0 aromatic heterocycles. The van der Waals surface area contributed by atoms with E-state index in [0.29, 0.717) is 12.1 Å². The van der Waals surface area contributed by atoms with E-state index in [1.165, 1.54) is 0 Å². The minimum absolute atomic E-state index is 0.00237. The van der Waals surface area contributed by atoms with Gasteiger partial charge in [0.15, 0.2) is 0 Å². The Bertz CT molecular complexity index is 712. The van der Waals surface area contributed by atoms with Gasteiger partial charge in [-0.3, -0.25) is 9.59 Å². The Morgan fingerprint density at radius 3 is 2.61 bits per heavy atom. The third kappa shape index (κ3) is 3.26. The van der Waals surface area contributed by atoms with Crippen LogP contribution in [0.2, 0.25) is 0 Å². The van der Waals surface area contributed by atoms with Crippen LogP contribution in [0, 0.1) is 0 Å². The molecule has 0 saturated carbocycles. The lowest BCUT2D eigenvalue weighted by Crippen LogP contribution is -2.44. The molecule has 1 aliphatic rings. The van der Waals surface area contributed by atoms with Gasteiger partial charge < -0.3 is 10.2 Å². The molecule has 23 heavy (non-hydrogen) atoms. The summed E-state index contributed by atoms with van der Waals surface area (Å²) >= 11 is 0. The van der Waals surface area contributed by atoms with Crippen LogP contribution in [0.5, 0.6) is 0 Å². The fourth-order valence-corrected chi connectivity index (χ4v) is 2.96. The van der Waals surface area contributed by atoms with E-state index < -0.39 is 0 Å². The Balaban J connectivity index is 1.68. The average molecular weight is 308 g/mol. The third-order valence-electron chi connectivity index (χ3n) is 4.40. The second kappa shape index (κ2) is 6.65. The third-order valence-corrected chi connectivity index (χ3v) is 4.40. The first-order valence-corrected chi connectivity index (χ1v) is 7.85. The molecular formula is C19H20N2O2. The number of hydrogen-bond donors (Lipinski definition) is 1. The zero-order chi connectivity index (χ0) is 16.2. The highest BCUT2D eigenvalue weighted by atomic mass is 16.2. The first-order valence-electron chi connectivity index (χ1n) is 7.85. The minimum Gasteiger partial charge on any atom is -0.350 e. The number of aryl methyl sites for hydroxylation is 1. The second-order valence-corrected chi connectivity index (χ2v) is 5.84. The van der Waals surface area contributed by atoms with Gasteiger partial charge in [-0.05, 0) is 36.6 Å². The van der Waals surface area contributed by atoms with Crippen molar-refractivity contribution in [3.05, 3.63) is 71.3 Å². The first-order chi connectivity index (χ1) is 11.2. The molecule has 0 fully saturated rings. The number of likely N-dealkylation sites (N-methyl/N-ethyl adjacent to an activating group) is 1. The maximum atomic E-state index is 12.6. The predicted molar refractivity (Wildman–Crippen MR) is 89.4 cm³/mol. The van der Waals surface area contributed by atoms with Crippen LogP contribution in [0.1, 0.15) is 32.7 Å². The Hall–Kier alpha value is -2.62. The molecule has 0 radical (unpaired) electrons. The van der Waals surface area contributed by atoms with Gasteiger partial charge in [0.05, 0.1) is 0 Å². The fourth-order valence-electron chi connectivity index (χ4n) is 2.96. The van der Waals surface area contributed by atoms with E-state index in [0.717, 1.165) is 24.0 Å². The van der Waals surface area contributed by atoms with E-state index in [9.17, 15) is 9.59 Å². The normalized spacial score (nSPS) is 17.3. The van der Waals surface area contributed by atoms with E-state index in [1.54, 1.807) is 17.0 Å². The number of carbonyl (C=O) groups is 2. The molecule has 0 spiro atoms. The van der Waals surface area contributed by atoms with E-state index in [1.807, 2.05) is 49.5 Å². The van der Waals surface area contributed by atoms with Crippen molar-refractivity contribution in [2.24, 2.45) is 0 Å². The molecule has 3 rings (SSSR count). The summed E-state index contributed by atoms with van der Waals surface area (Å²) in [6.45, 7) is 0.462. The predicted octanol–water partition coefficient (Wildman–Crippen LogP) is 2.50. The van der Waals surface area contributed by atoms with Crippen LogP contribution >= 0.6 is 0 Å². The number of nitrogens with one attached hydrogen (secondary N) is 1. The molecule has 2 aromatic rings. The van der Waals surface area contributed by atoms with Gasteiger partial charge in [-0.15, -0.1) is 0 Å². The molecule has 118 valence electrons. The van der Waals surface area contributed by atoms with Gasteiger partial charge in [0, 0.05) is 30.8 Å². The summed E-state index contributed by atoms with van der Waals surface area (Å²) in [7, 11) is 1.81. The molecule has 2 aromatic carbocycles. The largest absolute Gasteiger partial charge is 0.350 e. The second-order valence-electron chi connectivity index (χ2n) is 5.84. The van der Waals surface area contributed by atoms with Crippen molar-refractivity contribution < 1.29 is 9.59 Å². The van der Waals surface area contributed by atoms with Crippen molar-refractivity contribution in [3.63, 3.8) is 0 Å². The molecule has 1 heterocycles. The Labute approximate surface area is 136 Å². The van der Waals surface area contributed by atoms with Crippen LogP contribution in [-0.4, -0.2) is 36.3 Å². The minimum atomic E-state index is -0.104. The first kappa shape index (κ1) is 15.3. The smallest absolute Gasteiger partial charge is 0.254 e. The molecular weight excluding hydrogens is 288 g/mol. The Morgan fingerprint density at radius 1 is 1.13 bits per heavy atom. The maximum absolute atomic E-state index is 12.6. The molecule has 1 atom stereocenters. The zero-order valence-electron chi connectivity index (χ0n) is 13.2. The van der Waals surface area contributed by atoms with Gasteiger partial charge in [0.1, 0.15) is 0 Å². The summed E-state index contributed by atoms with van der Waals surface area (Å²) in [6.07, 6.45) is 1.69. The lowest BCUT2D eigenvalue weighted by molar-refractivity contribution is 0.0721. The van der Waals surface area contributed by atoms with Crippen LogP contribution < -0.4 is 5.32 Å². The molecule has 0 saturated heterocycles. The average Bonchev–Trinajstić information content (AvgIpc) is 2.72. The maximum Gasteiger partial charge on any atom is 0.254 e. The summed E-state index contributed by atoms with van der Waals surface area (Å²) in [6, 6.07) is 16.9. The summed E-state index contributed by atoms with van der Waals surface area (Å²) in [5.41, 5.74) is 2.49. The van der Waals surface area contributed by atoms with Crippen molar-refractivity contribution in [2.45, 2.75) is 18.9 Å². The van der Waals surface area contributed by atoms with Crippen LogP contribution in [0.4, 0.5) is 0 Å². The lowest BCUT2D eigenvalue weighted by Gasteiger charge is -2.26. The van der Waals surface area contributed by atoms with Crippen LogP contribution in [0.3, 0.4) is 0 Å². The lowest BCUT2D eigenvalue weighted by atomic mass is 10.0. The molecule has 1 unspecified atom stereocenters. The molecule has 0 bridgehead atoms. The number of fused-ring (bicyclic) bond motifs is 1. The highest BCUT2D eigenvalue weighted by Crippen LogP contribution is 2.21. The summed E-state index contributed by atoms with van der Waals surface area (Å²) in [4.78, 5) is 26.5. The highest BCUT2D eigenvalue weighted by Gasteiger charge is 2.27. The van der Waals surface area contributed by atoms with Crippen molar-refractivity contribution in [1.82, 2.24) is 10.2 Å². The SMILES string of the molecule is CN1C(=O)c2ccccc2CCC1CNC(=O)c1ccccc1.